The Kier molecular flexibility index (Phi) is 5.07. The average Bonchev–Trinajstić information content (AvgIpc) is 2.45. The zero-order valence-corrected chi connectivity index (χ0v) is 12.8. The zero-order chi connectivity index (χ0) is 15.4. The molecule has 0 saturated heterocycles. The van der Waals surface area contributed by atoms with Gasteiger partial charge in [0.25, 0.3) is 5.91 Å². The van der Waals surface area contributed by atoms with Gasteiger partial charge in [0, 0.05) is 12.1 Å². The number of benzene rings is 1. The van der Waals surface area contributed by atoms with Gasteiger partial charge in [0.1, 0.15) is 18.1 Å². The van der Waals surface area contributed by atoms with Gasteiger partial charge in [0.05, 0.1) is 5.56 Å². The van der Waals surface area contributed by atoms with Crippen LogP contribution in [0.5, 0.6) is 11.5 Å². The number of amides is 1. The molecule has 0 aliphatic carbocycles. The smallest absolute Gasteiger partial charge is 0.252 e. The Labute approximate surface area is 125 Å². The molecule has 1 atom stereocenters. The van der Waals surface area contributed by atoms with E-state index in [1.807, 2.05) is 0 Å². The number of nitrogens with zero attached hydrogens (tertiary/aromatic N) is 1. The molecule has 0 bridgehead atoms. The first-order valence-electron chi connectivity index (χ1n) is 7.59. The number of fused-ring (bicyclic) bond motifs is 1. The molecule has 5 nitrogen and oxygen atoms in total. The number of hydrogen-bond acceptors (Lipinski definition) is 4. The van der Waals surface area contributed by atoms with Crippen LogP contribution in [0.4, 0.5) is 0 Å². The summed E-state index contributed by atoms with van der Waals surface area (Å²) in [6, 6.07) is 3.47. The first kappa shape index (κ1) is 15.6. The van der Waals surface area contributed by atoms with Crippen molar-refractivity contribution in [2.45, 2.75) is 39.2 Å². The van der Waals surface area contributed by atoms with Crippen molar-refractivity contribution < 1.29 is 14.6 Å². The zero-order valence-electron chi connectivity index (χ0n) is 12.8. The number of nitrogens with two attached hydrogens (primary N) is 1. The fourth-order valence-corrected chi connectivity index (χ4v) is 2.89. The van der Waals surface area contributed by atoms with E-state index < -0.39 is 5.91 Å². The van der Waals surface area contributed by atoms with Crippen molar-refractivity contribution in [1.82, 2.24) is 4.90 Å². The summed E-state index contributed by atoms with van der Waals surface area (Å²) in [4.78, 5) is 13.8. The van der Waals surface area contributed by atoms with E-state index in [9.17, 15) is 9.90 Å². The Balaban J connectivity index is 2.22. The van der Waals surface area contributed by atoms with Crippen molar-refractivity contribution >= 4 is 5.91 Å². The molecule has 0 radical (unpaired) electrons. The van der Waals surface area contributed by atoms with Crippen molar-refractivity contribution in [2.24, 2.45) is 5.73 Å². The van der Waals surface area contributed by atoms with Gasteiger partial charge >= 0.3 is 0 Å². The van der Waals surface area contributed by atoms with Crippen molar-refractivity contribution in [1.29, 1.82) is 0 Å². The minimum Gasteiger partial charge on any atom is -0.507 e. The molecule has 1 aromatic rings. The molecule has 3 N–H and O–H groups in total. The van der Waals surface area contributed by atoms with Crippen LogP contribution in [0.1, 0.15) is 42.6 Å². The van der Waals surface area contributed by atoms with Gasteiger partial charge in [0.15, 0.2) is 0 Å². The molecule has 0 fully saturated rings. The van der Waals surface area contributed by atoms with Crippen LogP contribution in [0.3, 0.4) is 0 Å². The van der Waals surface area contributed by atoms with E-state index in [1.165, 1.54) is 6.07 Å². The van der Waals surface area contributed by atoms with Gasteiger partial charge in [-0.1, -0.05) is 13.8 Å². The molecule has 5 heteroatoms. The van der Waals surface area contributed by atoms with E-state index in [1.54, 1.807) is 6.07 Å². The number of aromatic hydroxyl groups is 1. The number of primary amides is 1. The van der Waals surface area contributed by atoms with Gasteiger partial charge in [0.2, 0.25) is 0 Å². The number of carbonyl (C=O) groups is 1. The number of hydrogen-bond donors (Lipinski definition) is 2. The second-order valence-electron chi connectivity index (χ2n) is 5.55. The molecular weight excluding hydrogens is 268 g/mol. The number of ether oxygens (including phenoxy) is 1. The molecule has 1 amide bonds. The second-order valence-corrected chi connectivity index (χ2v) is 5.55. The molecule has 21 heavy (non-hydrogen) atoms. The number of phenols is 1. The average molecular weight is 292 g/mol. The van der Waals surface area contributed by atoms with Crippen LogP contribution in [-0.2, 0) is 6.42 Å². The van der Waals surface area contributed by atoms with Crippen LogP contribution >= 0.6 is 0 Å². The quantitative estimate of drug-likeness (QED) is 0.840. The maximum Gasteiger partial charge on any atom is 0.252 e. The highest BCUT2D eigenvalue weighted by Crippen LogP contribution is 2.32. The standard InChI is InChI=1S/C16H24N2O3/c1-3-5-18(6-4-2)12-7-11-8-13(16(17)20)14(19)9-15(11)21-10-12/h8-9,12,19H,3-7,10H2,1-2H3,(H2,17,20)/t12-/m0/s1. The Morgan fingerprint density at radius 3 is 2.62 bits per heavy atom. The minimum absolute atomic E-state index is 0.112. The van der Waals surface area contributed by atoms with Crippen molar-refractivity contribution in [3.05, 3.63) is 23.3 Å². The molecule has 0 saturated carbocycles. The van der Waals surface area contributed by atoms with Crippen molar-refractivity contribution in [2.75, 3.05) is 19.7 Å². The molecule has 2 rings (SSSR count). The summed E-state index contributed by atoms with van der Waals surface area (Å²) in [6.45, 7) is 7.03. The number of carbonyl (C=O) groups excluding carboxylic acids is 1. The van der Waals surface area contributed by atoms with Crippen LogP contribution in [0.2, 0.25) is 0 Å². The topological polar surface area (TPSA) is 75.8 Å². The molecule has 1 aliphatic rings. The summed E-state index contributed by atoms with van der Waals surface area (Å²) in [7, 11) is 0. The Morgan fingerprint density at radius 1 is 1.38 bits per heavy atom. The van der Waals surface area contributed by atoms with Gasteiger partial charge in [-0.15, -0.1) is 0 Å². The largest absolute Gasteiger partial charge is 0.507 e. The molecule has 0 spiro atoms. The molecule has 0 aromatic heterocycles. The van der Waals surface area contributed by atoms with Gasteiger partial charge in [-0.05, 0) is 44.0 Å². The van der Waals surface area contributed by atoms with Crippen LogP contribution in [0.15, 0.2) is 12.1 Å². The van der Waals surface area contributed by atoms with E-state index in [4.69, 9.17) is 10.5 Å². The lowest BCUT2D eigenvalue weighted by atomic mass is 9.98. The molecule has 116 valence electrons. The lowest BCUT2D eigenvalue weighted by Gasteiger charge is -2.35. The van der Waals surface area contributed by atoms with Crippen LogP contribution in [0, 0.1) is 0 Å². The maximum atomic E-state index is 11.3. The first-order chi connectivity index (χ1) is 10.1. The van der Waals surface area contributed by atoms with E-state index in [2.05, 4.69) is 18.7 Å². The number of rotatable bonds is 6. The van der Waals surface area contributed by atoms with E-state index in [-0.39, 0.29) is 11.3 Å². The molecule has 1 aliphatic heterocycles. The Morgan fingerprint density at radius 2 is 2.05 bits per heavy atom. The third-order valence-corrected chi connectivity index (χ3v) is 3.87. The first-order valence-corrected chi connectivity index (χ1v) is 7.59. The highest BCUT2D eigenvalue weighted by Gasteiger charge is 2.26. The summed E-state index contributed by atoms with van der Waals surface area (Å²) in [5.74, 6) is -0.0724. The van der Waals surface area contributed by atoms with Gasteiger partial charge in [-0.3, -0.25) is 9.69 Å². The van der Waals surface area contributed by atoms with Crippen LogP contribution in [0.25, 0.3) is 0 Å². The maximum absolute atomic E-state index is 11.3. The van der Waals surface area contributed by atoms with Gasteiger partial charge < -0.3 is 15.6 Å². The lowest BCUT2D eigenvalue weighted by molar-refractivity contribution is 0.0996. The molecule has 0 unspecified atom stereocenters. The summed E-state index contributed by atoms with van der Waals surface area (Å²) < 4.78 is 5.77. The predicted octanol–water partition coefficient (Wildman–Crippen LogP) is 1.92. The third kappa shape index (κ3) is 3.47. The van der Waals surface area contributed by atoms with E-state index >= 15 is 0 Å². The summed E-state index contributed by atoms with van der Waals surface area (Å²) in [5.41, 5.74) is 6.39. The Bertz CT molecular complexity index is 510. The fourth-order valence-electron chi connectivity index (χ4n) is 2.89. The van der Waals surface area contributed by atoms with E-state index in [0.29, 0.717) is 18.4 Å². The normalized spacial score (nSPS) is 17.4. The molecule has 1 heterocycles. The highest BCUT2D eigenvalue weighted by atomic mass is 16.5. The lowest BCUT2D eigenvalue weighted by Crippen LogP contribution is -2.44. The van der Waals surface area contributed by atoms with E-state index in [0.717, 1.165) is 37.9 Å². The van der Waals surface area contributed by atoms with Crippen LogP contribution < -0.4 is 10.5 Å². The monoisotopic (exact) mass is 292 g/mol. The SMILES string of the molecule is CCCN(CCC)[C@@H]1COc2cc(O)c(C(N)=O)cc2C1. The van der Waals surface area contributed by atoms with Crippen LogP contribution in [-0.4, -0.2) is 41.7 Å². The van der Waals surface area contributed by atoms with Crippen molar-refractivity contribution in [3.8, 4) is 11.5 Å². The Hall–Kier alpha value is -1.75. The highest BCUT2D eigenvalue weighted by molar-refractivity contribution is 5.96. The molecule has 1 aromatic carbocycles. The van der Waals surface area contributed by atoms with Crippen molar-refractivity contribution in [3.63, 3.8) is 0 Å². The minimum atomic E-state index is -0.614. The molecular formula is C16H24N2O3. The summed E-state index contributed by atoms with van der Waals surface area (Å²) in [5, 5.41) is 9.79. The van der Waals surface area contributed by atoms with Gasteiger partial charge in [-0.25, -0.2) is 0 Å². The van der Waals surface area contributed by atoms with Gasteiger partial charge in [-0.2, -0.15) is 0 Å². The summed E-state index contributed by atoms with van der Waals surface area (Å²) in [6.07, 6.45) is 3.02. The fraction of sp³-hybridized carbons (Fsp3) is 0.562. The third-order valence-electron chi connectivity index (χ3n) is 3.87. The predicted molar refractivity (Wildman–Crippen MR) is 81.8 cm³/mol. The summed E-state index contributed by atoms with van der Waals surface area (Å²) >= 11 is 0. The second kappa shape index (κ2) is 6.80.